The molecule has 26 heavy (non-hydrogen) atoms. The molecule has 0 radical (unpaired) electrons. The van der Waals surface area contributed by atoms with E-state index < -0.39 is 0 Å². The lowest BCUT2D eigenvalue weighted by Gasteiger charge is -2.36. The summed E-state index contributed by atoms with van der Waals surface area (Å²) >= 11 is 0. The molecule has 1 aliphatic rings. The zero-order valence-electron chi connectivity index (χ0n) is 14.9. The minimum atomic E-state index is -0.248. The van der Waals surface area contributed by atoms with Gasteiger partial charge in [-0.15, -0.1) is 0 Å². The van der Waals surface area contributed by atoms with Gasteiger partial charge in [0.1, 0.15) is 5.82 Å². The van der Waals surface area contributed by atoms with Crippen molar-refractivity contribution in [1.29, 1.82) is 0 Å². The Bertz CT molecular complexity index is 759. The van der Waals surface area contributed by atoms with Gasteiger partial charge < -0.3 is 24.6 Å². The number of amides is 2. The van der Waals surface area contributed by atoms with Crippen molar-refractivity contribution in [3.05, 3.63) is 48.3 Å². The van der Waals surface area contributed by atoms with E-state index in [1.807, 2.05) is 0 Å². The predicted molar refractivity (Wildman–Crippen MR) is 98.8 cm³/mol. The molecule has 2 aromatic carbocycles. The Kier molecular flexibility index (Phi) is 5.46. The largest absolute Gasteiger partial charge is 0.493 e. The number of anilines is 2. The molecular weight excluding hydrogens is 337 g/mol. The van der Waals surface area contributed by atoms with Gasteiger partial charge in [0.2, 0.25) is 0 Å². The van der Waals surface area contributed by atoms with Gasteiger partial charge in [0.05, 0.1) is 14.2 Å². The maximum Gasteiger partial charge on any atom is 0.321 e. The van der Waals surface area contributed by atoms with Crippen LogP contribution in [0.15, 0.2) is 42.5 Å². The average molecular weight is 359 g/mol. The van der Waals surface area contributed by atoms with Gasteiger partial charge in [-0.1, -0.05) is 0 Å². The minimum absolute atomic E-state index is 0.157. The van der Waals surface area contributed by atoms with Crippen molar-refractivity contribution in [3.8, 4) is 11.5 Å². The molecule has 7 heteroatoms. The van der Waals surface area contributed by atoms with Gasteiger partial charge in [-0.05, 0) is 36.4 Å². The van der Waals surface area contributed by atoms with Crippen molar-refractivity contribution in [2.24, 2.45) is 0 Å². The molecule has 0 bridgehead atoms. The van der Waals surface area contributed by atoms with Crippen LogP contribution < -0.4 is 19.7 Å². The second-order valence-electron chi connectivity index (χ2n) is 5.95. The molecule has 2 aromatic rings. The molecule has 0 aromatic heterocycles. The van der Waals surface area contributed by atoms with E-state index in [1.54, 1.807) is 49.5 Å². The third-order valence-electron chi connectivity index (χ3n) is 4.39. The summed E-state index contributed by atoms with van der Waals surface area (Å²) in [6, 6.07) is 11.5. The van der Waals surface area contributed by atoms with Crippen LogP contribution in [-0.4, -0.2) is 51.3 Å². The maximum atomic E-state index is 13.0. The maximum absolute atomic E-state index is 13.0. The molecule has 1 aliphatic heterocycles. The number of urea groups is 1. The topological polar surface area (TPSA) is 54.0 Å². The summed E-state index contributed by atoms with van der Waals surface area (Å²) in [6.07, 6.45) is 0. The van der Waals surface area contributed by atoms with Crippen LogP contribution in [0.5, 0.6) is 11.5 Å². The van der Waals surface area contributed by atoms with E-state index in [1.165, 1.54) is 12.1 Å². The van der Waals surface area contributed by atoms with Crippen LogP contribution in [0.2, 0.25) is 0 Å². The number of methoxy groups -OCH3 is 2. The summed E-state index contributed by atoms with van der Waals surface area (Å²) < 4.78 is 23.5. The lowest BCUT2D eigenvalue weighted by atomic mass is 10.2. The van der Waals surface area contributed by atoms with Gasteiger partial charge in [-0.25, -0.2) is 9.18 Å². The zero-order chi connectivity index (χ0) is 18.5. The molecule has 0 aliphatic carbocycles. The van der Waals surface area contributed by atoms with E-state index in [0.29, 0.717) is 43.4 Å². The van der Waals surface area contributed by atoms with Crippen molar-refractivity contribution in [2.45, 2.75) is 0 Å². The van der Waals surface area contributed by atoms with Crippen molar-refractivity contribution < 1.29 is 18.7 Å². The van der Waals surface area contributed by atoms with Crippen molar-refractivity contribution >= 4 is 17.4 Å². The van der Waals surface area contributed by atoms with Gasteiger partial charge >= 0.3 is 6.03 Å². The highest BCUT2D eigenvalue weighted by molar-refractivity contribution is 5.90. The van der Waals surface area contributed by atoms with E-state index in [9.17, 15) is 9.18 Å². The normalized spacial score (nSPS) is 14.1. The van der Waals surface area contributed by atoms with E-state index in [2.05, 4.69) is 10.2 Å². The number of carbonyl (C=O) groups is 1. The van der Waals surface area contributed by atoms with Crippen LogP contribution in [0, 0.1) is 5.82 Å². The number of halogens is 1. The smallest absolute Gasteiger partial charge is 0.321 e. The second kappa shape index (κ2) is 7.95. The van der Waals surface area contributed by atoms with Crippen LogP contribution in [0.4, 0.5) is 20.6 Å². The zero-order valence-corrected chi connectivity index (χ0v) is 14.9. The molecule has 6 nitrogen and oxygen atoms in total. The lowest BCUT2D eigenvalue weighted by Crippen LogP contribution is -2.50. The predicted octanol–water partition coefficient (Wildman–Crippen LogP) is 3.20. The molecule has 1 N–H and O–H groups in total. The van der Waals surface area contributed by atoms with Crippen molar-refractivity contribution in [3.63, 3.8) is 0 Å². The summed E-state index contributed by atoms with van der Waals surface area (Å²) in [5, 5.41) is 2.88. The number of nitrogens with zero attached hydrogens (tertiary/aromatic N) is 2. The average Bonchev–Trinajstić information content (AvgIpc) is 2.68. The van der Waals surface area contributed by atoms with Crippen LogP contribution in [0.1, 0.15) is 0 Å². The summed E-state index contributed by atoms with van der Waals surface area (Å²) in [5.74, 6) is 0.923. The number of carbonyl (C=O) groups excluding carboxylic acids is 1. The number of piperazine rings is 1. The Balaban J connectivity index is 1.57. The number of nitrogens with one attached hydrogen (secondary N) is 1. The Morgan fingerprint density at radius 1 is 0.962 bits per heavy atom. The molecule has 1 saturated heterocycles. The Hall–Kier alpha value is -2.96. The third-order valence-corrected chi connectivity index (χ3v) is 4.39. The summed E-state index contributed by atoms with van der Waals surface area (Å²) in [5.41, 5.74) is 1.61. The number of hydrogen-bond acceptors (Lipinski definition) is 4. The van der Waals surface area contributed by atoms with E-state index in [4.69, 9.17) is 9.47 Å². The van der Waals surface area contributed by atoms with Gasteiger partial charge in [0.25, 0.3) is 0 Å². The monoisotopic (exact) mass is 359 g/mol. The van der Waals surface area contributed by atoms with Gasteiger partial charge in [0, 0.05) is 43.6 Å². The van der Waals surface area contributed by atoms with Crippen LogP contribution in [-0.2, 0) is 0 Å². The first-order chi connectivity index (χ1) is 12.6. The van der Waals surface area contributed by atoms with Crippen molar-refractivity contribution in [1.82, 2.24) is 4.90 Å². The van der Waals surface area contributed by atoms with E-state index in [0.717, 1.165) is 5.69 Å². The van der Waals surface area contributed by atoms with Crippen molar-refractivity contribution in [2.75, 3.05) is 50.6 Å². The SMILES string of the molecule is COc1ccc(NC(=O)N2CCN(c3ccc(F)cc3)CC2)cc1OC. The fraction of sp³-hybridized carbons (Fsp3) is 0.316. The van der Waals surface area contributed by atoms with Gasteiger partial charge in [0.15, 0.2) is 11.5 Å². The molecule has 0 saturated carbocycles. The van der Waals surface area contributed by atoms with Gasteiger partial charge in [-0.2, -0.15) is 0 Å². The van der Waals surface area contributed by atoms with E-state index >= 15 is 0 Å². The fourth-order valence-corrected chi connectivity index (χ4v) is 2.94. The Labute approximate surface area is 152 Å². The minimum Gasteiger partial charge on any atom is -0.493 e. The summed E-state index contributed by atoms with van der Waals surface area (Å²) in [7, 11) is 3.12. The first-order valence-electron chi connectivity index (χ1n) is 8.39. The molecule has 0 spiro atoms. The molecule has 3 rings (SSSR count). The van der Waals surface area contributed by atoms with Crippen LogP contribution in [0.25, 0.3) is 0 Å². The third kappa shape index (κ3) is 3.99. The molecular formula is C19H22FN3O3. The Morgan fingerprint density at radius 2 is 1.62 bits per heavy atom. The number of rotatable bonds is 4. The number of benzene rings is 2. The summed E-state index contributed by atoms with van der Waals surface area (Å²) in [6.45, 7) is 2.59. The lowest BCUT2D eigenvalue weighted by molar-refractivity contribution is 0.208. The quantitative estimate of drug-likeness (QED) is 0.911. The van der Waals surface area contributed by atoms with E-state index in [-0.39, 0.29) is 11.8 Å². The molecule has 2 amide bonds. The summed E-state index contributed by atoms with van der Waals surface area (Å²) in [4.78, 5) is 16.4. The first-order valence-corrected chi connectivity index (χ1v) is 8.39. The number of hydrogen-bond donors (Lipinski definition) is 1. The molecule has 0 unspecified atom stereocenters. The molecule has 1 heterocycles. The highest BCUT2D eigenvalue weighted by atomic mass is 19.1. The number of ether oxygens (including phenoxy) is 2. The van der Waals surface area contributed by atoms with Gasteiger partial charge in [-0.3, -0.25) is 0 Å². The van der Waals surface area contributed by atoms with Crippen LogP contribution >= 0.6 is 0 Å². The fourth-order valence-electron chi connectivity index (χ4n) is 2.94. The second-order valence-corrected chi connectivity index (χ2v) is 5.95. The molecule has 138 valence electrons. The highest BCUT2D eigenvalue weighted by Gasteiger charge is 2.21. The molecule has 0 atom stereocenters. The van der Waals surface area contributed by atoms with Crippen LogP contribution in [0.3, 0.4) is 0 Å². The Morgan fingerprint density at radius 3 is 2.23 bits per heavy atom. The standard InChI is InChI=1S/C19H22FN3O3/c1-25-17-8-5-15(13-18(17)26-2)21-19(24)23-11-9-22(10-12-23)16-6-3-14(20)4-7-16/h3-8,13H,9-12H2,1-2H3,(H,21,24). The first kappa shape index (κ1) is 17.8. The molecule has 1 fully saturated rings. The highest BCUT2D eigenvalue weighted by Crippen LogP contribution is 2.29.